The Balaban J connectivity index is 3.29. The van der Waals surface area contributed by atoms with E-state index in [1.807, 2.05) is 0 Å². The first-order valence-corrected chi connectivity index (χ1v) is 6.01. The Morgan fingerprint density at radius 3 is 2.67 bits per heavy atom. The molecule has 3 N–H and O–H groups in total. The fourth-order valence-corrected chi connectivity index (χ4v) is 1.52. The summed E-state index contributed by atoms with van der Waals surface area (Å²) in [7, 11) is 0. The maximum absolute atomic E-state index is 11.1. The number of carboxylic acids is 1. The van der Waals surface area contributed by atoms with Crippen LogP contribution in [0.25, 0.3) is 6.08 Å². The van der Waals surface area contributed by atoms with Crippen LogP contribution in [0.5, 0.6) is 11.5 Å². The van der Waals surface area contributed by atoms with Gasteiger partial charge in [-0.05, 0) is 19.1 Å². The maximum Gasteiger partial charge on any atom is 0.341 e. The molecule has 1 rings (SSSR count). The van der Waals surface area contributed by atoms with E-state index < -0.39 is 18.5 Å². The van der Waals surface area contributed by atoms with Crippen LogP contribution in [0.2, 0.25) is 0 Å². The highest BCUT2D eigenvalue weighted by atomic mass is 16.5. The molecular formula is C14H14N2O5. The molecule has 110 valence electrons. The average molecular weight is 290 g/mol. The normalized spacial score (nSPS) is 10.6. The highest BCUT2D eigenvalue weighted by Gasteiger charge is 2.13. The van der Waals surface area contributed by atoms with Gasteiger partial charge in [-0.3, -0.25) is 4.79 Å². The van der Waals surface area contributed by atoms with Crippen LogP contribution in [0.3, 0.4) is 0 Å². The van der Waals surface area contributed by atoms with Gasteiger partial charge in [-0.1, -0.05) is 12.1 Å². The van der Waals surface area contributed by atoms with Crippen LogP contribution in [0.4, 0.5) is 0 Å². The first-order chi connectivity index (χ1) is 9.99. The number of nitrogens with two attached hydrogens (primary N) is 1. The largest absolute Gasteiger partial charge is 0.490 e. The summed E-state index contributed by atoms with van der Waals surface area (Å²) in [5, 5.41) is 17.5. The number of carbonyl (C=O) groups is 2. The summed E-state index contributed by atoms with van der Waals surface area (Å²) in [6.07, 6.45) is 1.22. The predicted molar refractivity (Wildman–Crippen MR) is 73.5 cm³/mol. The molecule has 1 aromatic rings. The highest BCUT2D eigenvalue weighted by molar-refractivity contribution is 6.01. The first-order valence-electron chi connectivity index (χ1n) is 6.01. The minimum atomic E-state index is -1.16. The molecule has 0 saturated carbocycles. The lowest BCUT2D eigenvalue weighted by Crippen LogP contribution is -2.13. The van der Waals surface area contributed by atoms with Crippen LogP contribution < -0.4 is 15.2 Å². The van der Waals surface area contributed by atoms with Gasteiger partial charge >= 0.3 is 5.97 Å². The van der Waals surface area contributed by atoms with Crippen molar-refractivity contribution >= 4 is 18.0 Å². The SMILES string of the molecule is CCOc1cccc(/C=C(/C#N)C(N)=O)c1OCC(=O)O. The zero-order valence-electron chi connectivity index (χ0n) is 11.3. The second-order valence-corrected chi connectivity index (χ2v) is 3.82. The Labute approximate surface area is 121 Å². The van der Waals surface area contributed by atoms with E-state index in [9.17, 15) is 9.59 Å². The number of para-hydroxylation sites is 1. The molecule has 0 atom stereocenters. The lowest BCUT2D eigenvalue weighted by Gasteiger charge is -2.13. The zero-order chi connectivity index (χ0) is 15.8. The minimum absolute atomic E-state index is 0.135. The number of carboxylic acid groups (broad SMARTS) is 1. The van der Waals surface area contributed by atoms with Gasteiger partial charge in [-0.15, -0.1) is 0 Å². The van der Waals surface area contributed by atoms with E-state index in [2.05, 4.69) is 0 Å². The van der Waals surface area contributed by atoms with Crippen molar-refractivity contribution in [2.45, 2.75) is 6.92 Å². The van der Waals surface area contributed by atoms with E-state index in [1.165, 1.54) is 6.08 Å². The van der Waals surface area contributed by atoms with Gasteiger partial charge in [0, 0.05) is 5.56 Å². The number of hydrogen-bond acceptors (Lipinski definition) is 5. The van der Waals surface area contributed by atoms with Gasteiger partial charge in [0.1, 0.15) is 11.6 Å². The number of hydrogen-bond donors (Lipinski definition) is 2. The van der Waals surface area contributed by atoms with Crippen molar-refractivity contribution in [3.05, 3.63) is 29.3 Å². The summed E-state index contributed by atoms with van der Waals surface area (Å²) in [4.78, 5) is 21.7. The lowest BCUT2D eigenvalue weighted by atomic mass is 10.1. The summed E-state index contributed by atoms with van der Waals surface area (Å²) in [6.45, 7) is 1.52. The van der Waals surface area contributed by atoms with E-state index in [0.29, 0.717) is 17.9 Å². The molecule has 0 saturated heterocycles. The molecular weight excluding hydrogens is 276 g/mol. The zero-order valence-corrected chi connectivity index (χ0v) is 11.3. The molecule has 0 heterocycles. The van der Waals surface area contributed by atoms with Crippen LogP contribution >= 0.6 is 0 Å². The summed E-state index contributed by atoms with van der Waals surface area (Å²) in [6, 6.07) is 6.44. The van der Waals surface area contributed by atoms with Crippen LogP contribution in [-0.2, 0) is 9.59 Å². The Morgan fingerprint density at radius 1 is 1.43 bits per heavy atom. The topological polar surface area (TPSA) is 123 Å². The molecule has 0 aliphatic rings. The Bertz CT molecular complexity index is 616. The summed E-state index contributed by atoms with van der Waals surface area (Å²) >= 11 is 0. The van der Waals surface area contributed by atoms with Crippen LogP contribution in [-0.4, -0.2) is 30.2 Å². The molecule has 0 aliphatic heterocycles. The molecule has 0 radical (unpaired) electrons. The van der Waals surface area contributed by atoms with Crippen molar-refractivity contribution in [3.8, 4) is 17.6 Å². The lowest BCUT2D eigenvalue weighted by molar-refractivity contribution is -0.139. The van der Waals surface area contributed by atoms with E-state index >= 15 is 0 Å². The summed E-state index contributed by atoms with van der Waals surface area (Å²) < 4.78 is 10.5. The monoisotopic (exact) mass is 290 g/mol. The van der Waals surface area contributed by atoms with Crippen molar-refractivity contribution in [2.24, 2.45) is 5.73 Å². The van der Waals surface area contributed by atoms with E-state index in [1.54, 1.807) is 31.2 Å². The van der Waals surface area contributed by atoms with Crippen molar-refractivity contribution in [1.82, 2.24) is 0 Å². The second kappa shape index (κ2) is 7.55. The van der Waals surface area contributed by atoms with Crippen LogP contribution in [0.15, 0.2) is 23.8 Å². The number of amides is 1. The van der Waals surface area contributed by atoms with Gasteiger partial charge in [-0.2, -0.15) is 5.26 Å². The third kappa shape index (κ3) is 4.54. The average Bonchev–Trinajstić information content (AvgIpc) is 2.43. The summed E-state index contributed by atoms with van der Waals surface area (Å²) in [5.74, 6) is -1.60. The fraction of sp³-hybridized carbons (Fsp3) is 0.214. The van der Waals surface area contributed by atoms with Crippen molar-refractivity contribution in [1.29, 1.82) is 5.26 Å². The number of ether oxygens (including phenoxy) is 2. The van der Waals surface area contributed by atoms with Gasteiger partial charge in [0.05, 0.1) is 6.61 Å². The molecule has 0 unspecified atom stereocenters. The molecule has 0 aromatic heterocycles. The Morgan fingerprint density at radius 2 is 2.14 bits per heavy atom. The molecule has 0 bridgehead atoms. The number of nitriles is 1. The Hall–Kier alpha value is -3.01. The van der Waals surface area contributed by atoms with Gasteiger partial charge in [-0.25, -0.2) is 4.79 Å². The molecule has 1 amide bonds. The fourth-order valence-electron chi connectivity index (χ4n) is 1.52. The van der Waals surface area contributed by atoms with E-state index in [0.717, 1.165) is 0 Å². The predicted octanol–water partition coefficient (Wildman–Crippen LogP) is 0.941. The number of aliphatic carboxylic acids is 1. The van der Waals surface area contributed by atoms with Gasteiger partial charge in [0.15, 0.2) is 18.1 Å². The van der Waals surface area contributed by atoms with Gasteiger partial charge < -0.3 is 20.3 Å². The second-order valence-electron chi connectivity index (χ2n) is 3.82. The molecule has 7 nitrogen and oxygen atoms in total. The summed E-state index contributed by atoms with van der Waals surface area (Å²) in [5.41, 5.74) is 5.12. The van der Waals surface area contributed by atoms with Crippen molar-refractivity contribution < 1.29 is 24.2 Å². The van der Waals surface area contributed by atoms with Crippen LogP contribution in [0.1, 0.15) is 12.5 Å². The van der Waals surface area contributed by atoms with Crippen molar-refractivity contribution in [3.63, 3.8) is 0 Å². The number of primary amides is 1. The molecule has 7 heteroatoms. The van der Waals surface area contributed by atoms with Crippen molar-refractivity contribution in [2.75, 3.05) is 13.2 Å². The minimum Gasteiger partial charge on any atom is -0.490 e. The standard InChI is InChI=1S/C14H14N2O5/c1-2-20-11-5-3-4-9(6-10(7-15)14(16)19)13(11)21-8-12(17)18/h3-6H,2,8H2,1H3,(H2,16,19)(H,17,18)/b10-6-. The van der Waals surface area contributed by atoms with Gasteiger partial charge in [0.2, 0.25) is 0 Å². The third-order valence-corrected chi connectivity index (χ3v) is 2.33. The number of carbonyl (C=O) groups excluding carboxylic acids is 1. The first kappa shape index (κ1) is 16.0. The number of benzene rings is 1. The van der Waals surface area contributed by atoms with Gasteiger partial charge in [0.25, 0.3) is 5.91 Å². The van der Waals surface area contributed by atoms with E-state index in [-0.39, 0.29) is 11.3 Å². The molecule has 1 aromatic carbocycles. The Kier molecular flexibility index (Phi) is 5.77. The quantitative estimate of drug-likeness (QED) is 0.569. The third-order valence-electron chi connectivity index (χ3n) is 2.33. The van der Waals surface area contributed by atoms with E-state index in [4.69, 9.17) is 25.6 Å². The smallest absolute Gasteiger partial charge is 0.341 e. The molecule has 0 fully saturated rings. The number of nitrogens with zero attached hydrogens (tertiary/aromatic N) is 1. The molecule has 0 spiro atoms. The molecule has 21 heavy (non-hydrogen) atoms. The van der Waals surface area contributed by atoms with Crippen LogP contribution in [0, 0.1) is 11.3 Å². The molecule has 0 aliphatic carbocycles. The highest BCUT2D eigenvalue weighted by Crippen LogP contribution is 2.32. The maximum atomic E-state index is 11.1. The number of rotatable bonds is 7.